The number of thioether (sulfide) groups is 1. The minimum Gasteiger partial charge on any atom is -0.349 e. The van der Waals surface area contributed by atoms with Crippen LogP contribution in [0.2, 0.25) is 0 Å². The Bertz CT molecular complexity index is 727. The Labute approximate surface area is 145 Å². The zero-order valence-electron chi connectivity index (χ0n) is 14.0. The summed E-state index contributed by atoms with van der Waals surface area (Å²) in [6.45, 7) is 5.69. The Morgan fingerprint density at radius 3 is 2.58 bits per heavy atom. The lowest BCUT2D eigenvalue weighted by atomic mass is 10.1. The molecule has 2 atom stereocenters. The van der Waals surface area contributed by atoms with Gasteiger partial charge in [-0.1, -0.05) is 23.9 Å². The molecule has 0 saturated heterocycles. The standard InChI is InChI=1S/C17H21FN4OS/c1-10(13-4-6-14(18)7-5-13)19-16(23)11(2)24-17-21-20-12(3)22(17)15-8-9-15/h4-7,10-11,15H,8-9H2,1-3H3,(H,19,23)/t10-,11+/m1/s1. The molecular formula is C17H21FN4OS. The molecule has 2 aromatic rings. The number of halogens is 1. The molecule has 1 saturated carbocycles. The Balaban J connectivity index is 1.61. The molecule has 0 spiro atoms. The molecule has 1 N–H and O–H groups in total. The molecule has 0 unspecified atom stereocenters. The fraction of sp³-hybridized carbons (Fsp3) is 0.471. The van der Waals surface area contributed by atoms with E-state index in [4.69, 9.17) is 0 Å². The van der Waals surface area contributed by atoms with E-state index in [-0.39, 0.29) is 23.0 Å². The zero-order chi connectivity index (χ0) is 17.3. The average Bonchev–Trinajstić information content (AvgIpc) is 3.32. The SMILES string of the molecule is Cc1nnc(S[C@@H](C)C(=O)N[C@H](C)c2ccc(F)cc2)n1C1CC1. The number of carbonyl (C=O) groups excluding carboxylic acids is 1. The third kappa shape index (κ3) is 3.77. The molecule has 1 amide bonds. The fourth-order valence-electron chi connectivity index (χ4n) is 2.56. The van der Waals surface area contributed by atoms with Crippen LogP contribution in [0.3, 0.4) is 0 Å². The van der Waals surface area contributed by atoms with E-state index in [0.717, 1.165) is 29.4 Å². The van der Waals surface area contributed by atoms with Crippen LogP contribution in [0.4, 0.5) is 4.39 Å². The van der Waals surface area contributed by atoms with Gasteiger partial charge in [0.1, 0.15) is 11.6 Å². The fourth-order valence-corrected chi connectivity index (χ4v) is 3.53. The van der Waals surface area contributed by atoms with Crippen LogP contribution in [0.1, 0.15) is 50.2 Å². The van der Waals surface area contributed by atoms with E-state index in [1.807, 2.05) is 20.8 Å². The highest BCUT2D eigenvalue weighted by molar-refractivity contribution is 8.00. The van der Waals surface area contributed by atoms with Crippen molar-refractivity contribution in [2.75, 3.05) is 0 Å². The number of hydrogen-bond acceptors (Lipinski definition) is 4. The van der Waals surface area contributed by atoms with Gasteiger partial charge in [0.2, 0.25) is 5.91 Å². The second kappa shape index (κ2) is 6.93. The summed E-state index contributed by atoms with van der Waals surface area (Å²) < 4.78 is 15.1. The summed E-state index contributed by atoms with van der Waals surface area (Å²) >= 11 is 1.42. The first-order valence-electron chi connectivity index (χ1n) is 8.09. The number of benzene rings is 1. The number of amides is 1. The largest absolute Gasteiger partial charge is 0.349 e. The molecule has 5 nitrogen and oxygen atoms in total. The van der Waals surface area contributed by atoms with Crippen molar-refractivity contribution in [3.63, 3.8) is 0 Å². The van der Waals surface area contributed by atoms with Crippen LogP contribution in [-0.4, -0.2) is 25.9 Å². The van der Waals surface area contributed by atoms with E-state index in [1.165, 1.54) is 23.9 Å². The van der Waals surface area contributed by atoms with E-state index >= 15 is 0 Å². The third-order valence-corrected chi connectivity index (χ3v) is 5.18. The van der Waals surface area contributed by atoms with Crippen LogP contribution >= 0.6 is 11.8 Å². The molecule has 3 rings (SSSR count). The number of nitrogens with zero attached hydrogens (tertiary/aromatic N) is 3. The van der Waals surface area contributed by atoms with Gasteiger partial charge in [-0.2, -0.15) is 0 Å². The molecule has 1 heterocycles. The van der Waals surface area contributed by atoms with Crippen LogP contribution in [-0.2, 0) is 4.79 Å². The summed E-state index contributed by atoms with van der Waals surface area (Å²) in [5, 5.41) is 11.8. The number of carbonyl (C=O) groups is 1. The number of aromatic nitrogens is 3. The summed E-state index contributed by atoms with van der Waals surface area (Å²) in [6, 6.07) is 6.48. The minimum absolute atomic E-state index is 0.0696. The zero-order valence-corrected chi connectivity index (χ0v) is 14.8. The number of rotatable bonds is 6. The molecule has 0 radical (unpaired) electrons. The van der Waals surface area contributed by atoms with E-state index in [0.29, 0.717) is 6.04 Å². The summed E-state index contributed by atoms with van der Waals surface area (Å²) in [5.41, 5.74) is 0.874. The molecule has 0 aliphatic heterocycles. The summed E-state index contributed by atoms with van der Waals surface area (Å²) in [7, 11) is 0. The molecule has 1 fully saturated rings. The van der Waals surface area contributed by atoms with Crippen molar-refractivity contribution in [1.82, 2.24) is 20.1 Å². The molecule has 7 heteroatoms. The normalized spacial score (nSPS) is 16.7. The molecule has 1 aromatic heterocycles. The topological polar surface area (TPSA) is 59.8 Å². The summed E-state index contributed by atoms with van der Waals surface area (Å²) in [5.74, 6) is 0.545. The highest BCUT2D eigenvalue weighted by Gasteiger charge is 2.30. The van der Waals surface area contributed by atoms with Crippen molar-refractivity contribution in [3.05, 3.63) is 41.5 Å². The van der Waals surface area contributed by atoms with Gasteiger partial charge in [0.15, 0.2) is 5.16 Å². The smallest absolute Gasteiger partial charge is 0.233 e. The van der Waals surface area contributed by atoms with Crippen molar-refractivity contribution in [3.8, 4) is 0 Å². The lowest BCUT2D eigenvalue weighted by molar-refractivity contribution is -0.120. The Morgan fingerprint density at radius 1 is 1.29 bits per heavy atom. The molecular weight excluding hydrogens is 327 g/mol. The molecule has 24 heavy (non-hydrogen) atoms. The van der Waals surface area contributed by atoms with Crippen LogP contribution in [0, 0.1) is 12.7 Å². The second-order valence-corrected chi connectivity index (χ2v) is 7.48. The first-order valence-corrected chi connectivity index (χ1v) is 8.97. The van der Waals surface area contributed by atoms with Gasteiger partial charge in [-0.3, -0.25) is 4.79 Å². The summed E-state index contributed by atoms with van der Waals surface area (Å²) in [4.78, 5) is 12.4. The predicted octanol–water partition coefficient (Wildman–Crippen LogP) is 3.42. The monoisotopic (exact) mass is 348 g/mol. The number of nitrogens with one attached hydrogen (secondary N) is 1. The highest BCUT2D eigenvalue weighted by Crippen LogP contribution is 2.39. The Kier molecular flexibility index (Phi) is 4.89. The maximum atomic E-state index is 13.0. The van der Waals surface area contributed by atoms with Gasteiger partial charge in [0, 0.05) is 6.04 Å². The molecule has 1 aliphatic rings. The minimum atomic E-state index is -0.283. The molecule has 128 valence electrons. The van der Waals surface area contributed by atoms with Gasteiger partial charge in [0.05, 0.1) is 11.3 Å². The Morgan fingerprint density at radius 2 is 1.96 bits per heavy atom. The quantitative estimate of drug-likeness (QED) is 0.813. The predicted molar refractivity (Wildman–Crippen MR) is 91.3 cm³/mol. The third-order valence-electron chi connectivity index (χ3n) is 4.13. The van der Waals surface area contributed by atoms with E-state index < -0.39 is 0 Å². The maximum Gasteiger partial charge on any atom is 0.233 e. The van der Waals surface area contributed by atoms with Gasteiger partial charge in [0.25, 0.3) is 0 Å². The van der Waals surface area contributed by atoms with Crippen molar-refractivity contribution >= 4 is 17.7 Å². The van der Waals surface area contributed by atoms with Crippen LogP contribution < -0.4 is 5.32 Å². The average molecular weight is 348 g/mol. The van der Waals surface area contributed by atoms with Crippen molar-refractivity contribution in [1.29, 1.82) is 0 Å². The first kappa shape index (κ1) is 17.0. The lowest BCUT2D eigenvalue weighted by Crippen LogP contribution is -2.33. The van der Waals surface area contributed by atoms with E-state index in [2.05, 4.69) is 20.1 Å². The van der Waals surface area contributed by atoms with E-state index in [9.17, 15) is 9.18 Å². The number of aryl methyl sites for hydroxylation is 1. The van der Waals surface area contributed by atoms with Crippen molar-refractivity contribution < 1.29 is 9.18 Å². The van der Waals surface area contributed by atoms with Crippen LogP contribution in [0.5, 0.6) is 0 Å². The second-order valence-electron chi connectivity index (χ2n) is 6.17. The molecule has 1 aliphatic carbocycles. The van der Waals surface area contributed by atoms with Gasteiger partial charge >= 0.3 is 0 Å². The highest BCUT2D eigenvalue weighted by atomic mass is 32.2. The first-order chi connectivity index (χ1) is 11.5. The van der Waals surface area contributed by atoms with Gasteiger partial charge < -0.3 is 9.88 Å². The molecule has 1 aromatic carbocycles. The molecule has 0 bridgehead atoms. The van der Waals surface area contributed by atoms with Gasteiger partial charge in [-0.15, -0.1) is 10.2 Å². The number of hydrogen-bond donors (Lipinski definition) is 1. The van der Waals surface area contributed by atoms with E-state index in [1.54, 1.807) is 12.1 Å². The summed E-state index contributed by atoms with van der Waals surface area (Å²) in [6.07, 6.45) is 2.29. The van der Waals surface area contributed by atoms with Gasteiger partial charge in [-0.05, 0) is 51.3 Å². The van der Waals surface area contributed by atoms with Crippen molar-refractivity contribution in [2.24, 2.45) is 0 Å². The van der Waals surface area contributed by atoms with Crippen LogP contribution in [0.25, 0.3) is 0 Å². The van der Waals surface area contributed by atoms with Crippen LogP contribution in [0.15, 0.2) is 29.4 Å². The van der Waals surface area contributed by atoms with Gasteiger partial charge in [-0.25, -0.2) is 4.39 Å². The lowest BCUT2D eigenvalue weighted by Gasteiger charge is -2.18. The maximum absolute atomic E-state index is 13.0. The Hall–Kier alpha value is -1.89. The van der Waals surface area contributed by atoms with Crippen molar-refractivity contribution in [2.45, 2.75) is 56.1 Å².